The highest BCUT2D eigenvalue weighted by Gasteiger charge is 2.10. The number of nitrogen functional groups attached to an aromatic ring is 2. The van der Waals surface area contributed by atoms with E-state index < -0.39 is 0 Å². The minimum Gasteiger partial charge on any atom is -0.380 e. The van der Waals surface area contributed by atoms with Gasteiger partial charge in [-0.25, -0.2) is 4.98 Å². The first kappa shape index (κ1) is 5.90. The third-order valence-corrected chi connectivity index (χ3v) is 1.38. The topological polar surface area (TPSA) is 108 Å². The fraction of sp³-hybridized carbons (Fsp3) is 0. The Morgan fingerprint density at radius 3 is 3.00 bits per heavy atom. The van der Waals surface area contributed by atoms with Gasteiger partial charge < -0.3 is 11.5 Å². The molecule has 0 aliphatic heterocycles. The van der Waals surface area contributed by atoms with Gasteiger partial charge in [0.05, 0.1) is 0 Å². The third-order valence-electron chi connectivity index (χ3n) is 1.38. The van der Waals surface area contributed by atoms with Crippen LogP contribution in [0.1, 0.15) is 0 Å². The molecule has 2 aromatic rings. The van der Waals surface area contributed by atoms with Crippen molar-refractivity contribution in [1.82, 2.24) is 15.0 Å². The van der Waals surface area contributed by atoms with Crippen LogP contribution in [0.3, 0.4) is 0 Å². The van der Waals surface area contributed by atoms with Gasteiger partial charge in [0.1, 0.15) is 0 Å². The van der Waals surface area contributed by atoms with Crippen LogP contribution in [0.5, 0.6) is 0 Å². The second-order valence-electron chi connectivity index (χ2n) is 2.12. The molecule has 0 radical (unpaired) electrons. The van der Waals surface area contributed by atoms with E-state index in [0.717, 1.165) is 0 Å². The van der Waals surface area contributed by atoms with E-state index in [-0.39, 0.29) is 5.95 Å². The zero-order valence-corrected chi connectivity index (χ0v) is 5.63. The molecular formula is C5H7N6+. The number of imidazole rings is 1. The van der Waals surface area contributed by atoms with Crippen LogP contribution in [0.4, 0.5) is 11.8 Å². The molecule has 0 bridgehead atoms. The molecule has 6 nitrogen and oxygen atoms in total. The Morgan fingerprint density at radius 1 is 1.36 bits per heavy atom. The average Bonchev–Trinajstić information content (AvgIpc) is 2.34. The molecule has 2 aromatic heterocycles. The van der Waals surface area contributed by atoms with Crippen molar-refractivity contribution in [3.63, 3.8) is 0 Å². The molecule has 2 rings (SSSR count). The fourth-order valence-corrected chi connectivity index (χ4v) is 0.919. The maximum absolute atomic E-state index is 5.52. The third kappa shape index (κ3) is 0.759. The molecule has 0 unspecified atom stereocenters. The number of rotatable bonds is 0. The quantitative estimate of drug-likeness (QED) is 0.445. The van der Waals surface area contributed by atoms with E-state index in [4.69, 9.17) is 11.5 Å². The van der Waals surface area contributed by atoms with Crippen molar-refractivity contribution in [2.24, 2.45) is 0 Å². The Labute approximate surface area is 61.7 Å². The number of aromatic nitrogens is 4. The summed E-state index contributed by atoms with van der Waals surface area (Å²) in [6.45, 7) is 0. The van der Waals surface area contributed by atoms with Crippen LogP contribution in [-0.4, -0.2) is 15.0 Å². The normalized spacial score (nSPS) is 10.5. The Kier molecular flexibility index (Phi) is 0.974. The molecule has 0 aliphatic rings. The van der Waals surface area contributed by atoms with Gasteiger partial charge in [0, 0.05) is 0 Å². The molecule has 6 N–H and O–H groups in total. The summed E-state index contributed by atoms with van der Waals surface area (Å²) in [5.74, 6) is 0.527. The molecule has 0 aromatic carbocycles. The lowest BCUT2D eigenvalue weighted by atomic mass is 10.5. The lowest BCUT2D eigenvalue weighted by Gasteiger charge is -1.88. The number of H-pyrrole nitrogens is 2. The number of nitrogens with one attached hydrogen (secondary N) is 2. The van der Waals surface area contributed by atoms with E-state index in [0.29, 0.717) is 17.0 Å². The molecule has 11 heavy (non-hydrogen) atoms. The second kappa shape index (κ2) is 1.82. The van der Waals surface area contributed by atoms with Crippen molar-refractivity contribution in [2.75, 3.05) is 11.5 Å². The molecular weight excluding hydrogens is 144 g/mol. The molecule has 0 atom stereocenters. The van der Waals surface area contributed by atoms with Gasteiger partial charge in [-0.15, -0.1) is 0 Å². The van der Waals surface area contributed by atoms with Crippen LogP contribution in [0.2, 0.25) is 0 Å². The summed E-state index contributed by atoms with van der Waals surface area (Å²) in [5, 5.41) is 0. The van der Waals surface area contributed by atoms with Gasteiger partial charge in [-0.2, -0.15) is 4.98 Å². The van der Waals surface area contributed by atoms with Crippen LogP contribution in [0.25, 0.3) is 11.2 Å². The largest absolute Gasteiger partial charge is 0.380 e. The summed E-state index contributed by atoms with van der Waals surface area (Å²) in [4.78, 5) is 13.4. The van der Waals surface area contributed by atoms with Crippen LogP contribution in [-0.2, 0) is 0 Å². The molecule has 0 fully saturated rings. The first-order valence-corrected chi connectivity index (χ1v) is 3.05. The predicted molar refractivity (Wildman–Crippen MR) is 39.3 cm³/mol. The first-order chi connectivity index (χ1) is 5.27. The summed E-state index contributed by atoms with van der Waals surface area (Å²) in [5.41, 5.74) is 12.2. The van der Waals surface area contributed by atoms with Gasteiger partial charge in [0.15, 0.2) is 12.1 Å². The van der Waals surface area contributed by atoms with E-state index in [1.165, 1.54) is 0 Å². The molecule has 56 valence electrons. The summed E-state index contributed by atoms with van der Waals surface area (Å²) in [6.07, 6.45) is 1.62. The van der Waals surface area contributed by atoms with Gasteiger partial charge in [-0.3, -0.25) is 4.98 Å². The summed E-state index contributed by atoms with van der Waals surface area (Å²) >= 11 is 0. The van der Waals surface area contributed by atoms with Crippen molar-refractivity contribution < 1.29 is 4.98 Å². The highest BCUT2D eigenvalue weighted by molar-refractivity contribution is 5.79. The minimum atomic E-state index is 0.172. The van der Waals surface area contributed by atoms with Gasteiger partial charge in [0.25, 0.3) is 5.95 Å². The number of hydrogen-bond donors (Lipinski definition) is 3. The lowest BCUT2D eigenvalue weighted by molar-refractivity contribution is -0.347. The van der Waals surface area contributed by atoms with Crippen molar-refractivity contribution in [1.29, 1.82) is 0 Å². The molecule has 0 saturated carbocycles. The standard InChI is InChI=1S/C5H6N6/c6-3-2-4(9-1-8-2)11-5(7)10-3/h1H,(H5,6,7,8,9,10,11)/p+1. The molecule has 2 heterocycles. The molecule has 0 aliphatic carbocycles. The maximum Gasteiger partial charge on any atom is 0.307 e. The highest BCUT2D eigenvalue weighted by Crippen LogP contribution is 2.10. The molecule has 0 spiro atoms. The van der Waals surface area contributed by atoms with Crippen LogP contribution in [0.15, 0.2) is 6.33 Å². The smallest absolute Gasteiger partial charge is 0.307 e. The van der Waals surface area contributed by atoms with Crippen LogP contribution in [0, 0.1) is 0 Å². The molecule has 0 saturated heterocycles. The second-order valence-corrected chi connectivity index (χ2v) is 2.12. The van der Waals surface area contributed by atoms with Gasteiger partial charge in [0.2, 0.25) is 5.52 Å². The van der Waals surface area contributed by atoms with Gasteiger partial charge >= 0.3 is 5.65 Å². The van der Waals surface area contributed by atoms with Gasteiger partial charge in [-0.05, 0) is 0 Å². The van der Waals surface area contributed by atoms with Crippen molar-refractivity contribution in [2.45, 2.75) is 0 Å². The van der Waals surface area contributed by atoms with Crippen molar-refractivity contribution in [3.05, 3.63) is 6.33 Å². The number of aromatic amines is 2. The minimum absolute atomic E-state index is 0.172. The number of anilines is 2. The Morgan fingerprint density at radius 2 is 2.18 bits per heavy atom. The average molecular weight is 151 g/mol. The van der Waals surface area contributed by atoms with Crippen LogP contribution >= 0.6 is 0 Å². The Hall–Kier alpha value is -1.85. The predicted octanol–water partition coefficient (Wildman–Crippen LogP) is -1.06. The summed E-state index contributed by atoms with van der Waals surface area (Å²) < 4.78 is 0. The van der Waals surface area contributed by atoms with E-state index in [1.54, 1.807) is 6.33 Å². The lowest BCUT2D eigenvalue weighted by Crippen LogP contribution is -2.04. The summed E-state index contributed by atoms with van der Waals surface area (Å²) in [7, 11) is 0. The molecule has 6 heteroatoms. The first-order valence-electron chi connectivity index (χ1n) is 3.05. The van der Waals surface area contributed by atoms with Crippen molar-refractivity contribution >= 4 is 22.9 Å². The Balaban J connectivity index is 2.91. The van der Waals surface area contributed by atoms with Crippen molar-refractivity contribution in [3.8, 4) is 0 Å². The molecule has 0 amide bonds. The maximum atomic E-state index is 5.52. The zero-order chi connectivity index (χ0) is 7.84. The number of nitrogens with two attached hydrogens (primary N) is 2. The van der Waals surface area contributed by atoms with E-state index in [2.05, 4.69) is 19.9 Å². The SMILES string of the molecule is Nc1nc(N)c2[nH]c[nH+]c2n1. The Bertz CT molecular complexity index is 391. The van der Waals surface area contributed by atoms with E-state index in [1.807, 2.05) is 0 Å². The van der Waals surface area contributed by atoms with E-state index >= 15 is 0 Å². The fourth-order valence-electron chi connectivity index (χ4n) is 0.919. The van der Waals surface area contributed by atoms with Gasteiger partial charge in [-0.1, -0.05) is 4.98 Å². The van der Waals surface area contributed by atoms with E-state index in [9.17, 15) is 0 Å². The monoisotopic (exact) mass is 151 g/mol. The zero-order valence-electron chi connectivity index (χ0n) is 5.63. The number of fused-ring (bicyclic) bond motifs is 1. The van der Waals surface area contributed by atoms with Crippen LogP contribution < -0.4 is 16.5 Å². The summed E-state index contributed by atoms with van der Waals surface area (Å²) in [6, 6.07) is 0. The number of hydrogen-bond acceptors (Lipinski definition) is 4. The highest BCUT2D eigenvalue weighted by atomic mass is 15.1. The number of nitrogens with zero attached hydrogens (tertiary/aromatic N) is 2.